The molecule has 0 amide bonds. The normalized spacial score (nSPS) is 33.5. The van der Waals surface area contributed by atoms with Crippen molar-refractivity contribution in [1.82, 2.24) is 9.55 Å². The van der Waals surface area contributed by atoms with Crippen molar-refractivity contribution in [3.63, 3.8) is 0 Å². The van der Waals surface area contributed by atoms with E-state index in [4.69, 9.17) is 10.5 Å². The summed E-state index contributed by atoms with van der Waals surface area (Å²) in [5.74, 6) is -2.18. The Balaban J connectivity index is 2.57. The zero-order valence-corrected chi connectivity index (χ0v) is 11.4. The number of aliphatic hydroxyl groups excluding tert-OH is 2. The Labute approximate surface area is 114 Å². The lowest BCUT2D eigenvalue weighted by Crippen LogP contribution is -2.55. The van der Waals surface area contributed by atoms with E-state index in [-0.39, 0.29) is 0 Å². The number of aliphatic hydroxyl groups is 2. The molecule has 0 saturated carbocycles. The number of hydrogen-bond acceptors (Lipinski definition) is 6. The van der Waals surface area contributed by atoms with Gasteiger partial charge in [-0.3, -0.25) is 20.1 Å². The van der Waals surface area contributed by atoms with Gasteiger partial charge in [-0.25, -0.2) is 4.79 Å². The fourth-order valence-electron chi connectivity index (χ4n) is 2.64. The molecule has 0 aromatic carbocycles. The predicted molar refractivity (Wildman–Crippen MR) is 70.0 cm³/mol. The third-order valence-electron chi connectivity index (χ3n) is 3.78. The molecule has 2 rings (SSSR count). The molecule has 0 aliphatic carbocycles. The van der Waals surface area contributed by atoms with Crippen LogP contribution in [0.2, 0.25) is 0 Å². The largest absolute Gasteiger partial charge is 0.394 e. The molecular formula is C12H19N3O5. The number of ether oxygens (including phenoxy) is 1. The molecule has 1 aliphatic rings. The first-order valence-corrected chi connectivity index (χ1v) is 6.43. The van der Waals surface area contributed by atoms with E-state index in [9.17, 15) is 19.8 Å². The number of rotatable bonds is 3. The fourth-order valence-corrected chi connectivity index (χ4v) is 2.64. The molecule has 5 N–H and O–H groups in total. The van der Waals surface area contributed by atoms with Crippen LogP contribution in [-0.4, -0.2) is 38.6 Å². The number of nitrogens with two attached hydrogens (primary N) is 1. The van der Waals surface area contributed by atoms with Gasteiger partial charge in [-0.05, 0) is 13.3 Å². The topological polar surface area (TPSA) is 131 Å². The lowest BCUT2D eigenvalue weighted by atomic mass is 9.94. The van der Waals surface area contributed by atoms with E-state index < -0.39 is 41.8 Å². The third-order valence-corrected chi connectivity index (χ3v) is 3.78. The van der Waals surface area contributed by atoms with E-state index in [2.05, 4.69) is 4.98 Å². The molecule has 8 nitrogen and oxygen atoms in total. The van der Waals surface area contributed by atoms with Crippen molar-refractivity contribution in [2.24, 2.45) is 11.7 Å². The summed E-state index contributed by atoms with van der Waals surface area (Å²) in [6.07, 6.45) is -0.118. The molecule has 0 radical (unpaired) electrons. The Kier molecular flexibility index (Phi) is 3.83. The first-order chi connectivity index (χ1) is 9.35. The molecule has 2 heterocycles. The predicted octanol–water partition coefficient (Wildman–Crippen LogP) is -1.81. The maximum Gasteiger partial charge on any atom is 0.331 e. The number of aromatic nitrogens is 2. The number of H-pyrrole nitrogens is 1. The highest BCUT2D eigenvalue weighted by atomic mass is 16.6. The summed E-state index contributed by atoms with van der Waals surface area (Å²) in [5, 5.41) is 19.3. The van der Waals surface area contributed by atoms with Crippen LogP contribution in [0.4, 0.5) is 0 Å². The first-order valence-electron chi connectivity index (χ1n) is 6.43. The molecule has 1 saturated heterocycles. The maximum absolute atomic E-state index is 12.0. The van der Waals surface area contributed by atoms with Gasteiger partial charge >= 0.3 is 5.69 Å². The van der Waals surface area contributed by atoms with Gasteiger partial charge in [0.1, 0.15) is 6.10 Å². The zero-order valence-electron chi connectivity index (χ0n) is 11.4. The van der Waals surface area contributed by atoms with Crippen molar-refractivity contribution in [2.45, 2.75) is 38.3 Å². The lowest BCUT2D eigenvalue weighted by Gasteiger charge is -2.31. The molecule has 20 heavy (non-hydrogen) atoms. The molecule has 1 fully saturated rings. The molecule has 1 aromatic heterocycles. The quantitative estimate of drug-likeness (QED) is 0.518. The smallest absolute Gasteiger partial charge is 0.331 e. The van der Waals surface area contributed by atoms with Crippen LogP contribution in [0.5, 0.6) is 0 Å². The van der Waals surface area contributed by atoms with Gasteiger partial charge in [0.25, 0.3) is 5.56 Å². The van der Waals surface area contributed by atoms with E-state index >= 15 is 0 Å². The molecule has 1 aliphatic heterocycles. The van der Waals surface area contributed by atoms with Gasteiger partial charge in [-0.1, -0.05) is 6.92 Å². The Morgan fingerprint density at radius 1 is 1.55 bits per heavy atom. The van der Waals surface area contributed by atoms with Gasteiger partial charge in [-0.15, -0.1) is 0 Å². The van der Waals surface area contributed by atoms with Crippen LogP contribution in [0.1, 0.15) is 18.9 Å². The second-order valence-corrected chi connectivity index (χ2v) is 5.04. The van der Waals surface area contributed by atoms with Gasteiger partial charge in [0.05, 0.1) is 18.6 Å². The van der Waals surface area contributed by atoms with Gasteiger partial charge in [-0.2, -0.15) is 0 Å². The minimum absolute atomic E-state index is 0.301. The van der Waals surface area contributed by atoms with Crippen molar-refractivity contribution in [1.29, 1.82) is 0 Å². The van der Waals surface area contributed by atoms with Gasteiger partial charge in [0, 0.05) is 11.8 Å². The van der Waals surface area contributed by atoms with E-state index in [1.807, 2.05) is 0 Å². The number of aromatic amines is 1. The van der Waals surface area contributed by atoms with E-state index in [1.54, 1.807) is 6.92 Å². The van der Waals surface area contributed by atoms with Crippen molar-refractivity contribution in [3.8, 4) is 0 Å². The number of nitrogens with zero attached hydrogens (tertiary/aromatic N) is 1. The van der Waals surface area contributed by atoms with Crippen LogP contribution in [0.3, 0.4) is 0 Å². The summed E-state index contributed by atoms with van der Waals surface area (Å²) in [5.41, 5.74) is 5.24. The SMILES string of the molecule is CCC1[C@H](O)[C@@H](CO)O[C@@]1(N)n1cc(C)c(=O)[nH]c1=O. The van der Waals surface area contributed by atoms with Gasteiger partial charge < -0.3 is 14.9 Å². The van der Waals surface area contributed by atoms with E-state index in [1.165, 1.54) is 13.1 Å². The maximum atomic E-state index is 12.0. The van der Waals surface area contributed by atoms with Crippen molar-refractivity contribution in [3.05, 3.63) is 32.6 Å². The molecule has 0 spiro atoms. The molecule has 1 unspecified atom stereocenters. The average molecular weight is 285 g/mol. The Bertz CT molecular complexity index is 610. The zero-order chi connectivity index (χ0) is 15.1. The van der Waals surface area contributed by atoms with E-state index in [0.29, 0.717) is 12.0 Å². The second-order valence-electron chi connectivity index (χ2n) is 5.04. The number of nitrogens with one attached hydrogen (secondary N) is 1. The molecular weight excluding hydrogens is 266 g/mol. The summed E-state index contributed by atoms with van der Waals surface area (Å²) < 4.78 is 6.56. The summed E-state index contributed by atoms with van der Waals surface area (Å²) in [6, 6.07) is 0. The van der Waals surface area contributed by atoms with Crippen LogP contribution in [0.15, 0.2) is 15.8 Å². The lowest BCUT2D eigenvalue weighted by molar-refractivity contribution is -0.129. The summed E-state index contributed by atoms with van der Waals surface area (Å²) in [4.78, 5) is 25.5. The Morgan fingerprint density at radius 2 is 2.20 bits per heavy atom. The van der Waals surface area contributed by atoms with Crippen LogP contribution in [0.25, 0.3) is 0 Å². The van der Waals surface area contributed by atoms with Crippen molar-refractivity contribution in [2.75, 3.05) is 6.61 Å². The summed E-state index contributed by atoms with van der Waals surface area (Å²) in [6.45, 7) is 2.92. The molecule has 0 bridgehead atoms. The molecule has 8 heteroatoms. The summed E-state index contributed by atoms with van der Waals surface area (Å²) in [7, 11) is 0. The Morgan fingerprint density at radius 3 is 2.75 bits per heavy atom. The van der Waals surface area contributed by atoms with Crippen molar-refractivity contribution >= 4 is 0 Å². The van der Waals surface area contributed by atoms with Crippen molar-refractivity contribution < 1.29 is 14.9 Å². The monoisotopic (exact) mass is 285 g/mol. The first kappa shape index (κ1) is 14.9. The highest BCUT2D eigenvalue weighted by Gasteiger charge is 2.53. The average Bonchev–Trinajstić information content (AvgIpc) is 2.65. The second kappa shape index (κ2) is 5.13. The standard InChI is InChI=1S/C12H19N3O5/c1-3-7-9(17)8(5-16)20-12(7,13)15-4-6(2)10(18)14-11(15)19/h4,7-9,16-17H,3,5,13H2,1-2H3,(H,14,18,19)/t7?,8-,9+,12+/m1/s1. The number of aryl methyl sites for hydroxylation is 1. The van der Waals surface area contributed by atoms with E-state index in [0.717, 1.165) is 4.57 Å². The highest BCUT2D eigenvalue weighted by Crippen LogP contribution is 2.37. The van der Waals surface area contributed by atoms with Crippen LogP contribution in [0, 0.1) is 12.8 Å². The minimum Gasteiger partial charge on any atom is -0.394 e. The highest BCUT2D eigenvalue weighted by molar-refractivity contribution is 5.05. The van der Waals surface area contributed by atoms with Gasteiger partial charge in [0.2, 0.25) is 5.85 Å². The third kappa shape index (κ3) is 2.10. The number of hydrogen-bond donors (Lipinski definition) is 4. The summed E-state index contributed by atoms with van der Waals surface area (Å²) >= 11 is 0. The molecule has 1 aromatic rings. The fraction of sp³-hybridized carbons (Fsp3) is 0.667. The van der Waals surface area contributed by atoms with Crippen LogP contribution in [-0.2, 0) is 10.6 Å². The van der Waals surface area contributed by atoms with Crippen LogP contribution < -0.4 is 17.0 Å². The Hall–Kier alpha value is -1.48. The minimum atomic E-state index is -1.60. The van der Waals surface area contributed by atoms with Gasteiger partial charge in [0.15, 0.2) is 0 Å². The molecule has 112 valence electrons. The van der Waals surface area contributed by atoms with Crippen LogP contribution >= 0.6 is 0 Å². The molecule has 4 atom stereocenters.